The first kappa shape index (κ1) is 18.0. The van der Waals surface area contributed by atoms with Crippen LogP contribution in [0.1, 0.15) is 80.1 Å². The van der Waals surface area contributed by atoms with Gasteiger partial charge in [-0.15, -0.1) is 0 Å². The van der Waals surface area contributed by atoms with Crippen molar-refractivity contribution in [2.45, 2.75) is 92.2 Å². The van der Waals surface area contributed by atoms with Crippen LogP contribution in [0.5, 0.6) is 0 Å². The van der Waals surface area contributed by atoms with Crippen LogP contribution in [-0.2, 0) is 0 Å². The summed E-state index contributed by atoms with van der Waals surface area (Å²) in [6.45, 7) is 16.3. The minimum Gasteiger partial charge on any atom is -0.312 e. The van der Waals surface area contributed by atoms with E-state index in [4.69, 9.17) is 0 Å². The standard InChI is InChI=1S/C18H38N2/c1-17(2,3)11-13-19-15-9-7-8-10-16(15)20-14-12-18(4,5)6/h15-16,19-20H,7-14H2,1-6H3. The van der Waals surface area contributed by atoms with E-state index in [9.17, 15) is 0 Å². The first-order valence-corrected chi connectivity index (χ1v) is 8.64. The number of rotatable bonds is 6. The number of hydrogen-bond acceptors (Lipinski definition) is 2. The van der Waals surface area contributed by atoms with Crippen LogP contribution in [0, 0.1) is 10.8 Å². The first-order chi connectivity index (χ1) is 9.17. The lowest BCUT2D eigenvalue weighted by molar-refractivity contribution is 0.257. The molecule has 0 aromatic rings. The van der Waals surface area contributed by atoms with Gasteiger partial charge in [0.1, 0.15) is 0 Å². The number of nitrogens with one attached hydrogen (secondary N) is 2. The SMILES string of the molecule is CC(C)(C)CCNC1CCCCC1NCCC(C)(C)C. The molecule has 120 valence electrons. The van der Waals surface area contributed by atoms with E-state index < -0.39 is 0 Å². The molecule has 1 fully saturated rings. The molecule has 0 amide bonds. The Morgan fingerprint density at radius 2 is 1.05 bits per heavy atom. The van der Waals surface area contributed by atoms with E-state index in [2.05, 4.69) is 52.2 Å². The molecule has 20 heavy (non-hydrogen) atoms. The van der Waals surface area contributed by atoms with Gasteiger partial charge in [0, 0.05) is 12.1 Å². The van der Waals surface area contributed by atoms with Gasteiger partial charge in [0.2, 0.25) is 0 Å². The van der Waals surface area contributed by atoms with E-state index in [-0.39, 0.29) is 0 Å². The third-order valence-corrected chi connectivity index (χ3v) is 4.33. The highest BCUT2D eigenvalue weighted by molar-refractivity contribution is 4.87. The van der Waals surface area contributed by atoms with Crippen LogP contribution >= 0.6 is 0 Å². The third kappa shape index (κ3) is 8.26. The zero-order valence-corrected chi connectivity index (χ0v) is 14.8. The molecule has 0 aliphatic heterocycles. The zero-order valence-electron chi connectivity index (χ0n) is 14.8. The molecule has 1 aliphatic carbocycles. The Bertz CT molecular complexity index is 232. The first-order valence-electron chi connectivity index (χ1n) is 8.64. The maximum absolute atomic E-state index is 3.81. The Balaban J connectivity index is 2.30. The average Bonchev–Trinajstić information content (AvgIpc) is 2.28. The van der Waals surface area contributed by atoms with E-state index in [0.29, 0.717) is 22.9 Å². The molecule has 0 radical (unpaired) electrons. The summed E-state index contributed by atoms with van der Waals surface area (Å²) < 4.78 is 0. The monoisotopic (exact) mass is 282 g/mol. The molecule has 0 heterocycles. The van der Waals surface area contributed by atoms with Gasteiger partial charge in [-0.25, -0.2) is 0 Å². The predicted molar refractivity (Wildman–Crippen MR) is 90.2 cm³/mol. The van der Waals surface area contributed by atoms with Crippen molar-refractivity contribution in [1.82, 2.24) is 10.6 Å². The Kier molecular flexibility index (Phi) is 7.00. The molecular formula is C18H38N2. The highest BCUT2D eigenvalue weighted by atomic mass is 15.0. The molecule has 2 nitrogen and oxygen atoms in total. The Hall–Kier alpha value is -0.0800. The van der Waals surface area contributed by atoms with Gasteiger partial charge in [0.25, 0.3) is 0 Å². The van der Waals surface area contributed by atoms with Gasteiger partial charge in [0.15, 0.2) is 0 Å². The smallest absolute Gasteiger partial charge is 0.0221 e. The molecule has 0 bridgehead atoms. The molecule has 1 aliphatic rings. The van der Waals surface area contributed by atoms with Crippen LogP contribution in [0.4, 0.5) is 0 Å². The van der Waals surface area contributed by atoms with Gasteiger partial charge < -0.3 is 10.6 Å². The van der Waals surface area contributed by atoms with Crippen molar-refractivity contribution in [2.24, 2.45) is 10.8 Å². The maximum atomic E-state index is 3.81. The van der Waals surface area contributed by atoms with Crippen LogP contribution in [0.15, 0.2) is 0 Å². The second-order valence-corrected chi connectivity index (χ2v) is 9.03. The van der Waals surface area contributed by atoms with Crippen LogP contribution in [0.3, 0.4) is 0 Å². The summed E-state index contributed by atoms with van der Waals surface area (Å²) in [4.78, 5) is 0. The summed E-state index contributed by atoms with van der Waals surface area (Å²) in [7, 11) is 0. The lowest BCUT2D eigenvalue weighted by Gasteiger charge is -2.34. The summed E-state index contributed by atoms with van der Waals surface area (Å²) >= 11 is 0. The second kappa shape index (κ2) is 7.79. The van der Waals surface area contributed by atoms with Crippen molar-refractivity contribution in [3.63, 3.8) is 0 Å². The van der Waals surface area contributed by atoms with Crippen LogP contribution in [0.25, 0.3) is 0 Å². The third-order valence-electron chi connectivity index (χ3n) is 4.33. The van der Waals surface area contributed by atoms with E-state index >= 15 is 0 Å². The fraction of sp³-hybridized carbons (Fsp3) is 1.00. The quantitative estimate of drug-likeness (QED) is 0.757. The second-order valence-electron chi connectivity index (χ2n) is 9.03. The van der Waals surface area contributed by atoms with E-state index in [1.807, 2.05) is 0 Å². The molecule has 2 atom stereocenters. The van der Waals surface area contributed by atoms with Crippen molar-refractivity contribution in [2.75, 3.05) is 13.1 Å². The maximum Gasteiger partial charge on any atom is 0.0221 e. The largest absolute Gasteiger partial charge is 0.312 e. The minimum atomic E-state index is 0.441. The molecular weight excluding hydrogens is 244 g/mol. The molecule has 0 aromatic heterocycles. The van der Waals surface area contributed by atoms with Crippen LogP contribution in [-0.4, -0.2) is 25.2 Å². The highest BCUT2D eigenvalue weighted by Gasteiger charge is 2.25. The molecule has 1 rings (SSSR count). The molecule has 2 N–H and O–H groups in total. The topological polar surface area (TPSA) is 24.1 Å². The average molecular weight is 283 g/mol. The van der Waals surface area contributed by atoms with Crippen molar-refractivity contribution in [3.05, 3.63) is 0 Å². The van der Waals surface area contributed by atoms with Gasteiger partial charge >= 0.3 is 0 Å². The van der Waals surface area contributed by atoms with Crippen molar-refractivity contribution in [3.8, 4) is 0 Å². The van der Waals surface area contributed by atoms with Gasteiger partial charge in [-0.2, -0.15) is 0 Å². The summed E-state index contributed by atoms with van der Waals surface area (Å²) in [5, 5.41) is 7.63. The van der Waals surface area contributed by atoms with Gasteiger partial charge in [0.05, 0.1) is 0 Å². The zero-order chi connectivity index (χ0) is 15.2. The van der Waals surface area contributed by atoms with Crippen LogP contribution in [0.2, 0.25) is 0 Å². The molecule has 0 spiro atoms. The lowest BCUT2D eigenvalue weighted by Crippen LogP contribution is -2.50. The number of hydrogen-bond donors (Lipinski definition) is 2. The van der Waals surface area contributed by atoms with Crippen molar-refractivity contribution >= 4 is 0 Å². The van der Waals surface area contributed by atoms with Gasteiger partial charge in [-0.3, -0.25) is 0 Å². The molecule has 2 unspecified atom stereocenters. The van der Waals surface area contributed by atoms with Crippen LogP contribution < -0.4 is 10.6 Å². The summed E-state index contributed by atoms with van der Waals surface area (Å²) in [5.74, 6) is 0. The van der Waals surface area contributed by atoms with Gasteiger partial charge in [-0.05, 0) is 49.6 Å². The summed E-state index contributed by atoms with van der Waals surface area (Å²) in [6.07, 6.45) is 8.00. The Labute approximate surface area is 127 Å². The molecule has 0 aromatic carbocycles. The van der Waals surface area contributed by atoms with Crippen molar-refractivity contribution < 1.29 is 0 Å². The molecule has 1 saturated carbocycles. The van der Waals surface area contributed by atoms with Gasteiger partial charge in [-0.1, -0.05) is 54.4 Å². The summed E-state index contributed by atoms with van der Waals surface area (Å²) in [6, 6.07) is 1.37. The van der Waals surface area contributed by atoms with E-state index in [1.54, 1.807) is 0 Å². The highest BCUT2D eigenvalue weighted by Crippen LogP contribution is 2.22. The Morgan fingerprint density at radius 1 is 0.700 bits per heavy atom. The minimum absolute atomic E-state index is 0.441. The lowest BCUT2D eigenvalue weighted by atomic mass is 9.88. The predicted octanol–water partition coefficient (Wildman–Crippen LogP) is 4.35. The molecule has 2 heteroatoms. The summed E-state index contributed by atoms with van der Waals surface area (Å²) in [5.41, 5.74) is 0.883. The molecule has 0 saturated heterocycles. The van der Waals surface area contributed by atoms with E-state index in [1.165, 1.54) is 38.5 Å². The fourth-order valence-electron chi connectivity index (χ4n) is 2.88. The normalized spacial score (nSPS) is 24.9. The van der Waals surface area contributed by atoms with Crippen molar-refractivity contribution in [1.29, 1.82) is 0 Å². The van der Waals surface area contributed by atoms with E-state index in [0.717, 1.165) is 13.1 Å². The fourth-order valence-corrected chi connectivity index (χ4v) is 2.88. The Morgan fingerprint density at radius 3 is 1.35 bits per heavy atom.